The van der Waals surface area contributed by atoms with E-state index in [9.17, 15) is 4.79 Å². The molecule has 5 rings (SSSR count). The Bertz CT molecular complexity index is 1600. The molecule has 8 heteroatoms. The first-order valence-corrected chi connectivity index (χ1v) is 13.8. The van der Waals surface area contributed by atoms with Gasteiger partial charge in [-0.1, -0.05) is 50.2 Å². The van der Waals surface area contributed by atoms with Gasteiger partial charge in [-0.3, -0.25) is 0 Å². The minimum atomic E-state index is -0.374. The summed E-state index contributed by atoms with van der Waals surface area (Å²) in [5, 5.41) is 3.60. The maximum absolute atomic E-state index is 12.2. The Morgan fingerprint density at radius 2 is 1.77 bits per heavy atom. The molecular formula is C32H37N5O3. The fourth-order valence-corrected chi connectivity index (χ4v) is 5.18. The maximum Gasteiger partial charge on any atom is 0.337 e. The number of hydrogen-bond donors (Lipinski definition) is 1. The van der Waals surface area contributed by atoms with Crippen molar-refractivity contribution < 1.29 is 14.3 Å². The summed E-state index contributed by atoms with van der Waals surface area (Å²) >= 11 is 0. The molecule has 3 aromatic carbocycles. The second kappa shape index (κ2) is 12.3. The molecule has 0 aliphatic heterocycles. The summed E-state index contributed by atoms with van der Waals surface area (Å²) in [7, 11) is 3.11. The minimum Gasteiger partial charge on any atom is -0.465 e. The lowest BCUT2D eigenvalue weighted by molar-refractivity contribution is 0.0601. The third-order valence-electron chi connectivity index (χ3n) is 6.99. The summed E-state index contributed by atoms with van der Waals surface area (Å²) in [6.45, 7) is 7.41. The monoisotopic (exact) mass is 539 g/mol. The molecule has 0 atom stereocenters. The molecule has 0 unspecified atom stereocenters. The lowest BCUT2D eigenvalue weighted by Crippen LogP contribution is -2.13. The fourth-order valence-electron chi connectivity index (χ4n) is 5.18. The largest absolute Gasteiger partial charge is 0.465 e. The first-order valence-electron chi connectivity index (χ1n) is 13.8. The number of nitrogens with zero attached hydrogens (tertiary/aromatic N) is 4. The van der Waals surface area contributed by atoms with Gasteiger partial charge in [-0.25, -0.2) is 14.8 Å². The predicted octanol–water partition coefficient (Wildman–Crippen LogP) is 6.19. The number of para-hydroxylation sites is 1. The molecule has 5 aromatic rings. The molecule has 0 fully saturated rings. The Hall–Kier alpha value is -4.17. The summed E-state index contributed by atoms with van der Waals surface area (Å²) in [5.74, 6) is 1.76. The van der Waals surface area contributed by atoms with Crippen molar-refractivity contribution in [3.8, 4) is 11.4 Å². The third-order valence-corrected chi connectivity index (χ3v) is 6.99. The van der Waals surface area contributed by atoms with E-state index in [4.69, 9.17) is 19.4 Å². The van der Waals surface area contributed by atoms with Gasteiger partial charge >= 0.3 is 5.97 Å². The van der Waals surface area contributed by atoms with Gasteiger partial charge in [0.25, 0.3) is 0 Å². The number of methoxy groups -OCH3 is 2. The lowest BCUT2D eigenvalue weighted by Gasteiger charge is -2.15. The third kappa shape index (κ3) is 5.72. The number of aromatic nitrogens is 4. The number of nitrogens with one attached hydrogen (secondary N) is 1. The van der Waals surface area contributed by atoms with Gasteiger partial charge in [0.15, 0.2) is 0 Å². The number of carbonyl (C=O) groups excluding carboxylic acids is 1. The van der Waals surface area contributed by atoms with E-state index in [1.807, 2.05) is 18.2 Å². The molecule has 0 saturated carbocycles. The lowest BCUT2D eigenvalue weighted by atomic mass is 10.1. The van der Waals surface area contributed by atoms with E-state index in [0.717, 1.165) is 71.9 Å². The zero-order valence-corrected chi connectivity index (χ0v) is 23.7. The van der Waals surface area contributed by atoms with Crippen LogP contribution in [-0.2, 0) is 29.0 Å². The Labute approximate surface area is 235 Å². The molecular weight excluding hydrogens is 502 g/mol. The van der Waals surface area contributed by atoms with E-state index in [0.29, 0.717) is 18.1 Å². The summed E-state index contributed by atoms with van der Waals surface area (Å²) in [4.78, 5) is 22.3. The van der Waals surface area contributed by atoms with Crippen LogP contribution in [0.4, 0.5) is 5.95 Å². The van der Waals surface area contributed by atoms with Gasteiger partial charge in [-0.05, 0) is 54.7 Å². The highest BCUT2D eigenvalue weighted by atomic mass is 16.5. The van der Waals surface area contributed by atoms with Crippen LogP contribution >= 0.6 is 0 Å². The molecule has 0 aliphatic rings. The van der Waals surface area contributed by atoms with Crippen molar-refractivity contribution in [3.05, 3.63) is 77.9 Å². The van der Waals surface area contributed by atoms with Gasteiger partial charge in [0.2, 0.25) is 5.95 Å². The van der Waals surface area contributed by atoms with Crippen molar-refractivity contribution in [1.29, 1.82) is 0 Å². The smallest absolute Gasteiger partial charge is 0.337 e. The number of fused-ring (bicyclic) bond motifs is 2. The summed E-state index contributed by atoms with van der Waals surface area (Å²) < 4.78 is 14.8. The average molecular weight is 540 g/mol. The van der Waals surface area contributed by atoms with Crippen LogP contribution in [0.1, 0.15) is 36.2 Å². The van der Waals surface area contributed by atoms with E-state index in [-0.39, 0.29) is 5.97 Å². The molecule has 2 aromatic heterocycles. The molecule has 8 nitrogen and oxygen atoms in total. The van der Waals surface area contributed by atoms with E-state index >= 15 is 0 Å². The molecule has 0 aliphatic carbocycles. The van der Waals surface area contributed by atoms with Gasteiger partial charge in [-0.15, -0.1) is 0 Å². The Kier molecular flexibility index (Phi) is 8.45. The normalized spacial score (nSPS) is 11.5. The highest BCUT2D eigenvalue weighted by Gasteiger charge is 2.21. The Balaban J connectivity index is 1.61. The van der Waals surface area contributed by atoms with Gasteiger partial charge in [0, 0.05) is 38.9 Å². The number of ether oxygens (including phenoxy) is 2. The Morgan fingerprint density at radius 1 is 0.950 bits per heavy atom. The van der Waals surface area contributed by atoms with E-state index in [1.165, 1.54) is 12.7 Å². The first kappa shape index (κ1) is 27.4. The molecule has 0 amide bonds. The number of hydrogen-bond acceptors (Lipinski definition) is 6. The van der Waals surface area contributed by atoms with Crippen LogP contribution in [0, 0.1) is 5.92 Å². The van der Waals surface area contributed by atoms with Crippen LogP contribution in [-0.4, -0.2) is 52.4 Å². The quantitative estimate of drug-likeness (QED) is 0.150. The van der Waals surface area contributed by atoms with Crippen LogP contribution < -0.4 is 5.32 Å². The molecule has 0 saturated heterocycles. The van der Waals surface area contributed by atoms with Gasteiger partial charge < -0.3 is 23.9 Å². The topological polar surface area (TPSA) is 83.2 Å². The van der Waals surface area contributed by atoms with Crippen LogP contribution in [0.2, 0.25) is 0 Å². The predicted molar refractivity (Wildman–Crippen MR) is 160 cm³/mol. The fraction of sp³-hybridized carbons (Fsp3) is 0.344. The summed E-state index contributed by atoms with van der Waals surface area (Å²) in [5.41, 5.74) is 6.47. The first-order chi connectivity index (χ1) is 19.5. The van der Waals surface area contributed by atoms with E-state index < -0.39 is 0 Å². The molecule has 208 valence electrons. The van der Waals surface area contributed by atoms with Crippen molar-refractivity contribution in [2.75, 3.05) is 32.7 Å². The van der Waals surface area contributed by atoms with E-state index in [1.54, 1.807) is 19.2 Å². The second-order valence-electron chi connectivity index (χ2n) is 10.4. The van der Waals surface area contributed by atoms with Crippen LogP contribution in [0.25, 0.3) is 33.5 Å². The van der Waals surface area contributed by atoms with Crippen LogP contribution in [0.5, 0.6) is 0 Å². The number of carbonyl (C=O) groups is 1. The number of benzene rings is 3. The molecule has 1 N–H and O–H groups in total. The van der Waals surface area contributed by atoms with Gasteiger partial charge in [-0.2, -0.15) is 0 Å². The van der Waals surface area contributed by atoms with Crippen molar-refractivity contribution in [3.63, 3.8) is 0 Å². The molecule has 0 spiro atoms. The van der Waals surface area contributed by atoms with Gasteiger partial charge in [0.05, 0.1) is 34.7 Å². The average Bonchev–Trinajstić information content (AvgIpc) is 3.50. The number of rotatable bonds is 12. The second-order valence-corrected chi connectivity index (χ2v) is 10.4. The molecule has 2 heterocycles. The number of anilines is 1. The molecule has 40 heavy (non-hydrogen) atoms. The molecule has 0 bridgehead atoms. The van der Waals surface area contributed by atoms with Crippen molar-refractivity contribution in [2.45, 2.75) is 39.8 Å². The summed E-state index contributed by atoms with van der Waals surface area (Å²) in [6, 6.07) is 22.3. The zero-order chi connectivity index (χ0) is 28.1. The highest BCUT2D eigenvalue weighted by molar-refractivity contribution is 5.97. The number of esters is 1. The highest BCUT2D eigenvalue weighted by Crippen LogP contribution is 2.34. The SMILES string of the molecule is COCCCn1c(-c2cccc3nc(NCCc4ccccc4)n(CC(C)C)c23)nc2cc(C(=O)OC)ccc21. The van der Waals surface area contributed by atoms with Crippen LogP contribution in [0.15, 0.2) is 66.7 Å². The standard InChI is InChI=1S/C32H37N5O3/c1-22(2)21-37-29-25(12-8-13-26(29)35-32(37)33-17-16-23-10-6-5-7-11-23)30-34-27-20-24(31(38)40-4)14-15-28(27)36(30)18-9-19-39-3/h5-8,10-15,20,22H,9,16-19,21H2,1-4H3,(H,33,35). The number of imidazole rings is 2. The maximum atomic E-state index is 12.2. The van der Waals surface area contributed by atoms with Crippen molar-refractivity contribution in [2.24, 2.45) is 5.92 Å². The van der Waals surface area contributed by atoms with Crippen molar-refractivity contribution >= 4 is 34.0 Å². The summed E-state index contributed by atoms with van der Waals surface area (Å²) in [6.07, 6.45) is 1.75. The van der Waals surface area contributed by atoms with Crippen LogP contribution in [0.3, 0.4) is 0 Å². The van der Waals surface area contributed by atoms with E-state index in [2.05, 4.69) is 64.7 Å². The van der Waals surface area contributed by atoms with Crippen molar-refractivity contribution in [1.82, 2.24) is 19.1 Å². The van der Waals surface area contributed by atoms with Gasteiger partial charge in [0.1, 0.15) is 5.82 Å². The Morgan fingerprint density at radius 3 is 2.52 bits per heavy atom. The molecule has 0 radical (unpaired) electrons. The minimum absolute atomic E-state index is 0.374. The number of aryl methyl sites for hydroxylation is 1. The zero-order valence-electron chi connectivity index (χ0n) is 23.7.